The standard InChI is InChI=1S/C24H28N6O/c1-25-24(26-14-19-9-11-22(12-10-19)30-13-5-8-23(30)31)27-15-21-16-28-29(18-21)17-20-6-3-2-4-7-20/h2-4,6-7,9-12,16,18H,5,8,13-15,17H2,1H3,(H2,25,26,27). The molecule has 0 spiro atoms. The lowest BCUT2D eigenvalue weighted by molar-refractivity contribution is -0.117. The van der Waals surface area contributed by atoms with E-state index in [9.17, 15) is 4.79 Å². The molecule has 2 aromatic carbocycles. The molecule has 1 amide bonds. The number of anilines is 1. The highest BCUT2D eigenvalue weighted by Crippen LogP contribution is 2.21. The number of aliphatic imine (C=N–C) groups is 1. The average Bonchev–Trinajstić information content (AvgIpc) is 3.44. The summed E-state index contributed by atoms with van der Waals surface area (Å²) < 4.78 is 1.94. The summed E-state index contributed by atoms with van der Waals surface area (Å²) in [6.07, 6.45) is 5.51. The zero-order valence-corrected chi connectivity index (χ0v) is 17.8. The molecular weight excluding hydrogens is 388 g/mol. The predicted octanol–water partition coefficient (Wildman–Crippen LogP) is 2.92. The first kappa shape index (κ1) is 20.7. The molecule has 0 bridgehead atoms. The number of aromatic nitrogens is 2. The van der Waals surface area contributed by atoms with E-state index in [1.165, 1.54) is 5.56 Å². The second kappa shape index (κ2) is 9.93. The number of benzene rings is 2. The number of hydrogen-bond donors (Lipinski definition) is 2. The van der Waals surface area contributed by atoms with Gasteiger partial charge in [0.15, 0.2) is 5.96 Å². The molecule has 1 aromatic heterocycles. The molecule has 4 rings (SSSR count). The van der Waals surface area contributed by atoms with Crippen molar-refractivity contribution < 1.29 is 4.79 Å². The number of amides is 1. The van der Waals surface area contributed by atoms with Gasteiger partial charge in [0.25, 0.3) is 0 Å². The van der Waals surface area contributed by atoms with E-state index in [0.717, 1.165) is 42.3 Å². The van der Waals surface area contributed by atoms with Crippen molar-refractivity contribution in [2.75, 3.05) is 18.5 Å². The van der Waals surface area contributed by atoms with Crippen LogP contribution in [-0.2, 0) is 24.4 Å². The van der Waals surface area contributed by atoms with Gasteiger partial charge in [-0.2, -0.15) is 5.10 Å². The Morgan fingerprint density at radius 3 is 2.42 bits per heavy atom. The number of carbonyl (C=O) groups is 1. The molecule has 1 saturated heterocycles. The largest absolute Gasteiger partial charge is 0.352 e. The number of hydrogen-bond acceptors (Lipinski definition) is 3. The molecule has 2 N–H and O–H groups in total. The Kier molecular flexibility index (Phi) is 6.62. The van der Waals surface area contributed by atoms with E-state index in [1.807, 2.05) is 52.3 Å². The minimum absolute atomic E-state index is 0.211. The molecular formula is C24H28N6O. The molecule has 31 heavy (non-hydrogen) atoms. The van der Waals surface area contributed by atoms with E-state index in [-0.39, 0.29) is 5.91 Å². The van der Waals surface area contributed by atoms with Crippen LogP contribution in [0, 0.1) is 0 Å². The highest BCUT2D eigenvalue weighted by Gasteiger charge is 2.21. The van der Waals surface area contributed by atoms with Gasteiger partial charge in [0.05, 0.1) is 12.7 Å². The Morgan fingerprint density at radius 1 is 1.00 bits per heavy atom. The highest BCUT2D eigenvalue weighted by molar-refractivity contribution is 5.95. The molecule has 0 atom stereocenters. The van der Waals surface area contributed by atoms with Gasteiger partial charge in [-0.25, -0.2) is 0 Å². The Labute approximate surface area is 182 Å². The van der Waals surface area contributed by atoms with Crippen molar-refractivity contribution in [1.29, 1.82) is 0 Å². The first-order valence-corrected chi connectivity index (χ1v) is 10.6. The van der Waals surface area contributed by atoms with Gasteiger partial charge in [0, 0.05) is 50.6 Å². The predicted molar refractivity (Wildman–Crippen MR) is 123 cm³/mol. The Balaban J connectivity index is 1.25. The van der Waals surface area contributed by atoms with Crippen LogP contribution in [0.5, 0.6) is 0 Å². The van der Waals surface area contributed by atoms with Gasteiger partial charge in [0.2, 0.25) is 5.91 Å². The summed E-state index contributed by atoms with van der Waals surface area (Å²) in [6.45, 7) is 2.87. The fraction of sp³-hybridized carbons (Fsp3) is 0.292. The normalized spacial score (nSPS) is 14.2. The van der Waals surface area contributed by atoms with Crippen LogP contribution < -0.4 is 15.5 Å². The first-order chi connectivity index (χ1) is 15.2. The fourth-order valence-electron chi connectivity index (χ4n) is 3.66. The Bertz CT molecular complexity index is 1030. The summed E-state index contributed by atoms with van der Waals surface area (Å²) in [6, 6.07) is 18.4. The minimum atomic E-state index is 0.211. The van der Waals surface area contributed by atoms with Crippen LogP contribution in [0.2, 0.25) is 0 Å². The monoisotopic (exact) mass is 416 g/mol. The quantitative estimate of drug-likeness (QED) is 0.459. The van der Waals surface area contributed by atoms with E-state index >= 15 is 0 Å². The van der Waals surface area contributed by atoms with Gasteiger partial charge in [-0.1, -0.05) is 42.5 Å². The van der Waals surface area contributed by atoms with E-state index in [0.29, 0.717) is 19.5 Å². The van der Waals surface area contributed by atoms with E-state index < -0.39 is 0 Å². The zero-order chi connectivity index (χ0) is 21.5. The Morgan fingerprint density at radius 2 is 1.74 bits per heavy atom. The van der Waals surface area contributed by atoms with Crippen LogP contribution in [-0.4, -0.2) is 35.2 Å². The lowest BCUT2D eigenvalue weighted by Crippen LogP contribution is -2.36. The maximum Gasteiger partial charge on any atom is 0.227 e. The van der Waals surface area contributed by atoms with Crippen molar-refractivity contribution in [3.63, 3.8) is 0 Å². The molecule has 160 valence electrons. The van der Waals surface area contributed by atoms with Crippen LogP contribution >= 0.6 is 0 Å². The third-order valence-electron chi connectivity index (χ3n) is 5.34. The number of carbonyl (C=O) groups excluding carboxylic acids is 1. The van der Waals surface area contributed by atoms with Crippen molar-refractivity contribution in [3.8, 4) is 0 Å². The minimum Gasteiger partial charge on any atom is -0.352 e. The van der Waals surface area contributed by atoms with Crippen molar-refractivity contribution >= 4 is 17.6 Å². The summed E-state index contributed by atoms with van der Waals surface area (Å²) in [5.74, 6) is 0.942. The van der Waals surface area contributed by atoms with Crippen molar-refractivity contribution in [2.45, 2.75) is 32.5 Å². The molecule has 0 aliphatic carbocycles. The third kappa shape index (κ3) is 5.51. The van der Waals surface area contributed by atoms with Gasteiger partial charge in [0.1, 0.15) is 0 Å². The molecule has 7 heteroatoms. The van der Waals surface area contributed by atoms with E-state index in [2.05, 4.69) is 45.0 Å². The van der Waals surface area contributed by atoms with E-state index in [1.54, 1.807) is 7.05 Å². The molecule has 2 heterocycles. The lowest BCUT2D eigenvalue weighted by atomic mass is 10.2. The van der Waals surface area contributed by atoms with Gasteiger partial charge in [-0.05, 0) is 29.7 Å². The molecule has 1 fully saturated rings. The van der Waals surface area contributed by atoms with Crippen LogP contribution in [0.4, 0.5) is 5.69 Å². The maximum absolute atomic E-state index is 11.9. The van der Waals surface area contributed by atoms with Crippen molar-refractivity contribution in [1.82, 2.24) is 20.4 Å². The van der Waals surface area contributed by atoms with Crippen molar-refractivity contribution in [2.24, 2.45) is 4.99 Å². The van der Waals surface area contributed by atoms with Gasteiger partial charge < -0.3 is 15.5 Å². The fourth-order valence-corrected chi connectivity index (χ4v) is 3.66. The van der Waals surface area contributed by atoms with Gasteiger partial charge in [-0.15, -0.1) is 0 Å². The number of nitrogens with one attached hydrogen (secondary N) is 2. The first-order valence-electron chi connectivity index (χ1n) is 10.6. The maximum atomic E-state index is 11.9. The van der Waals surface area contributed by atoms with Crippen LogP contribution in [0.1, 0.15) is 29.5 Å². The lowest BCUT2D eigenvalue weighted by Gasteiger charge is -2.16. The summed E-state index contributed by atoms with van der Waals surface area (Å²) in [5.41, 5.74) is 4.43. The Hall–Kier alpha value is -3.61. The smallest absolute Gasteiger partial charge is 0.227 e. The summed E-state index contributed by atoms with van der Waals surface area (Å²) in [7, 11) is 1.76. The molecule has 1 aliphatic rings. The van der Waals surface area contributed by atoms with Crippen molar-refractivity contribution in [3.05, 3.63) is 83.7 Å². The topological polar surface area (TPSA) is 74.6 Å². The molecule has 0 unspecified atom stereocenters. The summed E-state index contributed by atoms with van der Waals surface area (Å²) >= 11 is 0. The van der Waals surface area contributed by atoms with Gasteiger partial charge >= 0.3 is 0 Å². The number of nitrogens with zero attached hydrogens (tertiary/aromatic N) is 4. The summed E-state index contributed by atoms with van der Waals surface area (Å²) in [5, 5.41) is 11.1. The molecule has 1 aliphatic heterocycles. The summed E-state index contributed by atoms with van der Waals surface area (Å²) in [4.78, 5) is 18.0. The second-order valence-electron chi connectivity index (χ2n) is 7.63. The number of rotatable bonds is 7. The number of guanidine groups is 1. The second-order valence-corrected chi connectivity index (χ2v) is 7.63. The average molecular weight is 417 g/mol. The van der Waals surface area contributed by atoms with Crippen LogP contribution in [0.25, 0.3) is 0 Å². The molecule has 0 saturated carbocycles. The molecule has 3 aromatic rings. The SMILES string of the molecule is CN=C(NCc1ccc(N2CCCC2=O)cc1)NCc1cnn(Cc2ccccc2)c1. The van der Waals surface area contributed by atoms with E-state index in [4.69, 9.17) is 0 Å². The van der Waals surface area contributed by atoms with Crippen LogP contribution in [0.15, 0.2) is 72.0 Å². The highest BCUT2D eigenvalue weighted by atomic mass is 16.2. The third-order valence-corrected chi connectivity index (χ3v) is 5.34. The zero-order valence-electron chi connectivity index (χ0n) is 17.8. The van der Waals surface area contributed by atoms with Gasteiger partial charge in [-0.3, -0.25) is 14.5 Å². The van der Waals surface area contributed by atoms with Crippen LogP contribution in [0.3, 0.4) is 0 Å². The molecule has 7 nitrogen and oxygen atoms in total. The molecule has 0 radical (unpaired) electrons.